The first kappa shape index (κ1) is 25.2. The van der Waals surface area contributed by atoms with E-state index in [4.69, 9.17) is 9.29 Å². The monoisotopic (exact) mass is 490 g/mol. The van der Waals surface area contributed by atoms with Crippen molar-refractivity contribution in [2.75, 3.05) is 19.6 Å². The van der Waals surface area contributed by atoms with Crippen LogP contribution in [0.15, 0.2) is 0 Å². The highest BCUT2D eigenvalue weighted by molar-refractivity contribution is 7.80. The molecule has 3 heterocycles. The zero-order chi connectivity index (χ0) is 24.6. The fourth-order valence-electron chi connectivity index (χ4n) is 4.32. The van der Waals surface area contributed by atoms with Crippen molar-refractivity contribution in [3.8, 4) is 0 Å². The number of nitrogens with one attached hydrogen (secondary N) is 1. The molecular weight excluding hydrogens is 460 g/mol. The maximum Gasteiger partial charge on any atom is 0.418 e. The molecule has 3 atom stereocenters. The van der Waals surface area contributed by atoms with Gasteiger partial charge in [-0.15, -0.1) is 4.28 Å². The highest BCUT2D eigenvalue weighted by Crippen LogP contribution is 2.30. The minimum absolute atomic E-state index is 0.0510. The first-order chi connectivity index (χ1) is 15.3. The number of urea groups is 1. The molecule has 186 valence electrons. The molecule has 4 amide bonds. The lowest BCUT2D eigenvalue weighted by molar-refractivity contribution is -0.130. The van der Waals surface area contributed by atoms with Crippen molar-refractivity contribution in [2.45, 2.75) is 76.6 Å². The molecule has 0 aliphatic carbocycles. The van der Waals surface area contributed by atoms with Gasteiger partial charge in [0.25, 0.3) is 0 Å². The topological polar surface area (TPSA) is 163 Å². The molecule has 13 nitrogen and oxygen atoms in total. The Bertz CT molecular complexity index is 917. The predicted molar refractivity (Wildman–Crippen MR) is 112 cm³/mol. The van der Waals surface area contributed by atoms with Gasteiger partial charge in [-0.3, -0.25) is 19.0 Å². The van der Waals surface area contributed by atoms with E-state index in [1.54, 1.807) is 20.8 Å². The van der Waals surface area contributed by atoms with E-state index in [1.165, 1.54) is 4.90 Å². The van der Waals surface area contributed by atoms with Gasteiger partial charge >= 0.3 is 22.5 Å². The van der Waals surface area contributed by atoms with Crippen LogP contribution in [0, 0.1) is 0 Å². The minimum atomic E-state index is -4.88. The lowest BCUT2D eigenvalue weighted by Gasteiger charge is -2.36. The zero-order valence-electron chi connectivity index (χ0n) is 18.9. The Morgan fingerprint density at radius 1 is 1.12 bits per heavy atom. The van der Waals surface area contributed by atoms with Crippen molar-refractivity contribution < 1.29 is 41.2 Å². The lowest BCUT2D eigenvalue weighted by Crippen LogP contribution is -2.54. The Kier molecular flexibility index (Phi) is 7.19. The van der Waals surface area contributed by atoms with E-state index in [0.717, 1.165) is 17.7 Å². The van der Waals surface area contributed by atoms with Crippen LogP contribution in [0.2, 0.25) is 0 Å². The molecule has 3 saturated heterocycles. The van der Waals surface area contributed by atoms with Gasteiger partial charge in [0.2, 0.25) is 5.91 Å². The highest BCUT2D eigenvalue weighted by Gasteiger charge is 2.49. The quantitative estimate of drug-likeness (QED) is 0.504. The number of Topliss-reactive ketones (excluding diaryl/α,β-unsaturated/α-hetero) is 1. The Morgan fingerprint density at radius 2 is 1.82 bits per heavy atom. The average Bonchev–Trinajstić information content (AvgIpc) is 2.94. The third-order valence-electron chi connectivity index (χ3n) is 5.74. The molecule has 2 N–H and O–H groups in total. The Balaban J connectivity index is 1.58. The van der Waals surface area contributed by atoms with Gasteiger partial charge in [0.1, 0.15) is 11.6 Å². The predicted octanol–water partition coefficient (Wildman–Crippen LogP) is 0.464. The highest BCUT2D eigenvalue weighted by atomic mass is 32.3. The van der Waals surface area contributed by atoms with Crippen molar-refractivity contribution in [3.63, 3.8) is 0 Å². The van der Waals surface area contributed by atoms with Crippen LogP contribution in [0.4, 0.5) is 9.59 Å². The molecular formula is C19H30N4O9S. The number of rotatable bonds is 6. The van der Waals surface area contributed by atoms with Crippen LogP contribution in [-0.2, 0) is 29.0 Å². The first-order valence-electron chi connectivity index (χ1n) is 10.8. The number of ether oxygens (including phenoxy) is 1. The van der Waals surface area contributed by atoms with Crippen molar-refractivity contribution in [2.24, 2.45) is 0 Å². The summed E-state index contributed by atoms with van der Waals surface area (Å²) in [6, 6.07) is -3.10. The number of carbonyl (C=O) groups excluding carboxylic acids is 4. The second-order valence-corrected chi connectivity index (χ2v) is 10.4. The number of hydrogen-bond acceptors (Lipinski definition) is 8. The van der Waals surface area contributed by atoms with Crippen LogP contribution in [-0.4, -0.2) is 95.0 Å². The summed E-state index contributed by atoms with van der Waals surface area (Å²) < 4.78 is 40.6. The molecule has 0 unspecified atom stereocenters. The van der Waals surface area contributed by atoms with Crippen molar-refractivity contribution in [1.29, 1.82) is 0 Å². The Labute approximate surface area is 192 Å². The van der Waals surface area contributed by atoms with Gasteiger partial charge in [-0.2, -0.15) is 13.5 Å². The van der Waals surface area contributed by atoms with Gasteiger partial charge in [0.15, 0.2) is 5.78 Å². The van der Waals surface area contributed by atoms with Crippen molar-refractivity contribution in [3.05, 3.63) is 0 Å². The molecule has 0 aromatic carbocycles. The first-order valence-corrected chi connectivity index (χ1v) is 12.2. The van der Waals surface area contributed by atoms with Crippen LogP contribution in [0.25, 0.3) is 0 Å². The van der Waals surface area contributed by atoms with Crippen LogP contribution >= 0.6 is 0 Å². The molecule has 0 spiro atoms. The van der Waals surface area contributed by atoms with Gasteiger partial charge in [-0.25, -0.2) is 9.59 Å². The van der Waals surface area contributed by atoms with Gasteiger partial charge in [-0.05, 0) is 52.9 Å². The zero-order valence-corrected chi connectivity index (χ0v) is 19.7. The second kappa shape index (κ2) is 9.43. The van der Waals surface area contributed by atoms with Crippen molar-refractivity contribution >= 4 is 34.2 Å². The largest absolute Gasteiger partial charge is 0.444 e. The molecule has 0 aromatic heterocycles. The Morgan fingerprint density at radius 3 is 2.45 bits per heavy atom. The molecule has 33 heavy (non-hydrogen) atoms. The minimum Gasteiger partial charge on any atom is -0.444 e. The number of piperidine rings is 2. The summed E-state index contributed by atoms with van der Waals surface area (Å²) in [4.78, 5) is 53.0. The summed E-state index contributed by atoms with van der Waals surface area (Å²) in [6.07, 6.45) is 1.91. The molecule has 3 fully saturated rings. The molecule has 2 bridgehead atoms. The van der Waals surface area contributed by atoms with E-state index >= 15 is 0 Å². The van der Waals surface area contributed by atoms with Crippen molar-refractivity contribution in [1.82, 2.24) is 20.2 Å². The molecule has 0 saturated carbocycles. The average molecular weight is 491 g/mol. The maximum absolute atomic E-state index is 12.8. The SMILES string of the molecule is CC(C)(C)OC(=O)N1CCCC[C@H]1C(=O)CNC(=O)[C@@H]1CC[C@@H]2CN1C(=O)N2OS(=O)(=O)O. The number of fused-ring (bicyclic) bond motifs is 2. The summed E-state index contributed by atoms with van der Waals surface area (Å²) in [7, 11) is -4.88. The maximum atomic E-state index is 12.8. The van der Waals surface area contributed by atoms with E-state index in [0.29, 0.717) is 18.0 Å². The number of ketones is 1. The van der Waals surface area contributed by atoms with E-state index in [9.17, 15) is 27.6 Å². The van der Waals surface area contributed by atoms with Crippen LogP contribution in [0.3, 0.4) is 0 Å². The van der Waals surface area contributed by atoms with Gasteiger partial charge in [0.05, 0.1) is 18.6 Å². The molecule has 14 heteroatoms. The molecule has 3 aliphatic heterocycles. The number of hydrogen-bond donors (Lipinski definition) is 2. The summed E-state index contributed by atoms with van der Waals surface area (Å²) in [6.45, 7) is 5.33. The number of hydroxylamine groups is 2. The summed E-state index contributed by atoms with van der Waals surface area (Å²) >= 11 is 0. The van der Waals surface area contributed by atoms with E-state index < -0.39 is 52.2 Å². The van der Waals surface area contributed by atoms with Gasteiger partial charge < -0.3 is 15.0 Å². The third-order valence-corrected chi connectivity index (χ3v) is 6.09. The number of amides is 4. The second-order valence-electron chi connectivity index (χ2n) is 9.38. The Hall–Kier alpha value is -2.45. The van der Waals surface area contributed by atoms with Crippen LogP contribution in [0.5, 0.6) is 0 Å². The third kappa shape index (κ3) is 6.12. The van der Waals surface area contributed by atoms with E-state index in [-0.39, 0.29) is 31.7 Å². The normalized spacial score (nSPS) is 25.8. The van der Waals surface area contributed by atoms with E-state index in [1.807, 2.05) is 0 Å². The van der Waals surface area contributed by atoms with Gasteiger partial charge in [0, 0.05) is 13.1 Å². The number of nitrogens with zero attached hydrogens (tertiary/aromatic N) is 3. The number of carbonyl (C=O) groups is 4. The van der Waals surface area contributed by atoms with E-state index in [2.05, 4.69) is 9.60 Å². The number of likely N-dealkylation sites (tertiary alicyclic amines) is 1. The molecule has 0 radical (unpaired) electrons. The van der Waals surface area contributed by atoms with Crippen LogP contribution in [0.1, 0.15) is 52.9 Å². The standard InChI is InChI=1S/C19H30N4O9S/c1-19(2,3)31-18(27)21-9-5-4-6-13(21)15(24)10-20-16(25)14-8-7-12-11-22(14)17(26)23(12)32-33(28,29)30/h12-14H,4-11H2,1-3H3,(H,20,25)(H,28,29,30)/t12-,13+,14+/m1/s1. The lowest BCUT2D eigenvalue weighted by atomic mass is 9.98. The van der Waals surface area contributed by atoms with Crippen LogP contribution < -0.4 is 5.32 Å². The fourth-order valence-corrected chi connectivity index (χ4v) is 4.71. The molecule has 0 aromatic rings. The van der Waals surface area contributed by atoms with Gasteiger partial charge in [-0.1, -0.05) is 0 Å². The summed E-state index contributed by atoms with van der Waals surface area (Å²) in [5.74, 6) is -0.907. The fraction of sp³-hybridized carbons (Fsp3) is 0.789. The summed E-state index contributed by atoms with van der Waals surface area (Å²) in [5, 5.41) is 3.09. The molecule has 3 aliphatic rings. The summed E-state index contributed by atoms with van der Waals surface area (Å²) in [5.41, 5.74) is -0.704. The molecule has 3 rings (SSSR count). The smallest absolute Gasteiger partial charge is 0.418 e.